The molecule has 6 heteroatoms. The summed E-state index contributed by atoms with van der Waals surface area (Å²) in [6.07, 6.45) is 2.85. The summed E-state index contributed by atoms with van der Waals surface area (Å²) in [4.78, 5) is 42.3. The minimum atomic E-state index is -0.597. The fraction of sp³-hybridized carbons (Fsp3) is 0.296. The average molecular weight is 444 g/mol. The summed E-state index contributed by atoms with van der Waals surface area (Å²) in [7, 11) is 1.62. The number of pyridine rings is 1. The molecule has 4 rings (SSSR count). The Morgan fingerprint density at radius 2 is 1.67 bits per heavy atom. The van der Waals surface area contributed by atoms with E-state index in [1.807, 2.05) is 41.3 Å². The maximum atomic E-state index is 13.5. The molecule has 1 aliphatic rings. The van der Waals surface area contributed by atoms with Crippen LogP contribution in [0.4, 0.5) is 0 Å². The smallest absolute Gasteiger partial charge is 0.256 e. The molecule has 2 aromatic carbocycles. The van der Waals surface area contributed by atoms with Crippen LogP contribution in [0.3, 0.4) is 0 Å². The number of benzene rings is 2. The number of aryl methyl sites for hydroxylation is 1. The number of amides is 2. The van der Waals surface area contributed by atoms with E-state index in [1.165, 1.54) is 10.6 Å². The largest absolute Gasteiger partial charge is 0.339 e. The Bertz CT molecular complexity index is 1200. The van der Waals surface area contributed by atoms with Crippen LogP contribution in [0.1, 0.15) is 29.3 Å². The topological polar surface area (TPSA) is 62.6 Å². The van der Waals surface area contributed by atoms with Crippen molar-refractivity contribution in [2.24, 2.45) is 7.05 Å². The van der Waals surface area contributed by atoms with E-state index >= 15 is 0 Å². The van der Waals surface area contributed by atoms with Gasteiger partial charge in [0.2, 0.25) is 11.5 Å². The number of hydrogen-bond acceptors (Lipinski definition) is 3. The Kier molecular flexibility index (Phi) is 6.73. The quantitative estimate of drug-likeness (QED) is 0.587. The summed E-state index contributed by atoms with van der Waals surface area (Å²) in [6, 6.07) is 20.5. The van der Waals surface area contributed by atoms with Crippen LogP contribution in [0.2, 0.25) is 0 Å². The third-order valence-electron chi connectivity index (χ3n) is 6.19. The Morgan fingerprint density at radius 1 is 0.939 bits per heavy atom. The van der Waals surface area contributed by atoms with E-state index in [9.17, 15) is 14.4 Å². The van der Waals surface area contributed by atoms with Crippen LogP contribution in [0.25, 0.3) is 11.1 Å². The van der Waals surface area contributed by atoms with E-state index in [4.69, 9.17) is 0 Å². The molecule has 1 atom stereocenters. The maximum Gasteiger partial charge on any atom is 0.256 e. The van der Waals surface area contributed by atoms with Crippen LogP contribution in [0.15, 0.2) is 77.7 Å². The molecular formula is C27H29N3O3. The standard InChI is InChI=1S/C27H29N3O3/c1-3-15-29-16-17-30(26(32)22-13-14-25(31)28(2)19-22)24(27(29)33)18-21-11-7-8-12-23(21)20-9-5-4-6-10-20/h4-14,19,24H,3,15-18H2,1-2H3. The second-order valence-corrected chi connectivity index (χ2v) is 8.43. The van der Waals surface area contributed by atoms with Crippen LogP contribution in [0, 0.1) is 0 Å². The number of aromatic nitrogens is 1. The van der Waals surface area contributed by atoms with Gasteiger partial charge in [-0.3, -0.25) is 14.4 Å². The van der Waals surface area contributed by atoms with Gasteiger partial charge in [-0.15, -0.1) is 0 Å². The molecule has 0 spiro atoms. The van der Waals surface area contributed by atoms with E-state index in [0.29, 0.717) is 31.6 Å². The first-order chi connectivity index (χ1) is 16.0. The van der Waals surface area contributed by atoms with Gasteiger partial charge in [-0.1, -0.05) is 61.5 Å². The molecule has 33 heavy (non-hydrogen) atoms. The number of hydrogen-bond donors (Lipinski definition) is 0. The SMILES string of the molecule is CCCN1CCN(C(=O)c2ccc(=O)n(C)c2)C(Cc2ccccc2-c2ccccc2)C1=O. The van der Waals surface area contributed by atoms with Gasteiger partial charge >= 0.3 is 0 Å². The molecule has 6 nitrogen and oxygen atoms in total. The molecule has 1 aliphatic heterocycles. The maximum absolute atomic E-state index is 13.5. The predicted octanol–water partition coefficient (Wildman–Crippen LogP) is 3.36. The van der Waals surface area contributed by atoms with Gasteiger partial charge in [0.05, 0.1) is 5.56 Å². The summed E-state index contributed by atoms with van der Waals surface area (Å²) in [5.74, 6) is -0.249. The van der Waals surface area contributed by atoms with Gasteiger partial charge in [0.15, 0.2) is 0 Å². The molecule has 0 bridgehead atoms. The molecule has 170 valence electrons. The van der Waals surface area contributed by atoms with Crippen LogP contribution < -0.4 is 5.56 Å². The first-order valence-electron chi connectivity index (χ1n) is 11.4. The van der Waals surface area contributed by atoms with E-state index in [-0.39, 0.29) is 17.4 Å². The van der Waals surface area contributed by atoms with Gasteiger partial charge in [0.25, 0.3) is 5.91 Å². The third-order valence-corrected chi connectivity index (χ3v) is 6.19. The minimum absolute atomic E-state index is 0.0239. The van der Waals surface area contributed by atoms with Gasteiger partial charge in [-0.25, -0.2) is 0 Å². The summed E-state index contributed by atoms with van der Waals surface area (Å²) in [5, 5.41) is 0. The zero-order valence-electron chi connectivity index (χ0n) is 19.1. The van der Waals surface area contributed by atoms with Crippen molar-refractivity contribution in [1.29, 1.82) is 0 Å². The normalized spacial score (nSPS) is 16.2. The van der Waals surface area contributed by atoms with Crippen molar-refractivity contribution in [2.75, 3.05) is 19.6 Å². The molecule has 2 heterocycles. The molecule has 0 radical (unpaired) electrons. The predicted molar refractivity (Wildman–Crippen MR) is 129 cm³/mol. The lowest BCUT2D eigenvalue weighted by atomic mass is 9.93. The zero-order chi connectivity index (χ0) is 23.4. The number of carbonyl (C=O) groups excluding carboxylic acids is 2. The highest BCUT2D eigenvalue weighted by Gasteiger charge is 2.38. The number of rotatable bonds is 6. The van der Waals surface area contributed by atoms with Crippen molar-refractivity contribution >= 4 is 11.8 Å². The molecule has 1 saturated heterocycles. The van der Waals surface area contributed by atoms with E-state index in [1.54, 1.807) is 24.2 Å². The lowest BCUT2D eigenvalue weighted by Gasteiger charge is -2.41. The van der Waals surface area contributed by atoms with Gasteiger partial charge in [0, 0.05) is 45.4 Å². The summed E-state index contributed by atoms with van der Waals surface area (Å²) in [6.45, 7) is 3.71. The van der Waals surface area contributed by atoms with E-state index in [0.717, 1.165) is 23.1 Å². The van der Waals surface area contributed by atoms with Gasteiger partial charge in [0.1, 0.15) is 6.04 Å². The first kappa shape index (κ1) is 22.5. The van der Waals surface area contributed by atoms with Crippen molar-refractivity contribution in [3.63, 3.8) is 0 Å². The Hall–Kier alpha value is -3.67. The Balaban J connectivity index is 1.70. The second kappa shape index (κ2) is 9.86. The average Bonchev–Trinajstić information content (AvgIpc) is 2.84. The van der Waals surface area contributed by atoms with Crippen molar-refractivity contribution in [1.82, 2.24) is 14.4 Å². The van der Waals surface area contributed by atoms with Crippen LogP contribution >= 0.6 is 0 Å². The molecule has 0 saturated carbocycles. The highest BCUT2D eigenvalue weighted by Crippen LogP contribution is 2.27. The fourth-order valence-corrected chi connectivity index (χ4v) is 4.46. The van der Waals surface area contributed by atoms with E-state index in [2.05, 4.69) is 25.1 Å². The highest BCUT2D eigenvalue weighted by molar-refractivity contribution is 5.98. The minimum Gasteiger partial charge on any atom is -0.339 e. The molecule has 0 aliphatic carbocycles. The molecule has 0 N–H and O–H groups in total. The fourth-order valence-electron chi connectivity index (χ4n) is 4.46. The van der Waals surface area contributed by atoms with Gasteiger partial charge in [-0.05, 0) is 29.2 Å². The van der Waals surface area contributed by atoms with Crippen LogP contribution in [0.5, 0.6) is 0 Å². The number of piperazine rings is 1. The van der Waals surface area contributed by atoms with Crippen LogP contribution in [-0.2, 0) is 18.3 Å². The second-order valence-electron chi connectivity index (χ2n) is 8.43. The monoisotopic (exact) mass is 443 g/mol. The Labute approximate surface area is 194 Å². The molecule has 1 aromatic heterocycles. The summed E-state index contributed by atoms with van der Waals surface area (Å²) in [5.41, 5.74) is 3.41. The molecule has 1 fully saturated rings. The Morgan fingerprint density at radius 3 is 2.39 bits per heavy atom. The number of carbonyl (C=O) groups is 2. The highest BCUT2D eigenvalue weighted by atomic mass is 16.2. The molecule has 3 aromatic rings. The van der Waals surface area contributed by atoms with Gasteiger partial charge < -0.3 is 14.4 Å². The molecule has 1 unspecified atom stereocenters. The van der Waals surface area contributed by atoms with Crippen molar-refractivity contribution in [3.8, 4) is 11.1 Å². The van der Waals surface area contributed by atoms with Crippen molar-refractivity contribution in [2.45, 2.75) is 25.8 Å². The molecule has 2 amide bonds. The van der Waals surface area contributed by atoms with Gasteiger partial charge in [-0.2, -0.15) is 0 Å². The summed E-state index contributed by atoms with van der Waals surface area (Å²) < 4.78 is 1.39. The van der Waals surface area contributed by atoms with Crippen LogP contribution in [-0.4, -0.2) is 51.9 Å². The summed E-state index contributed by atoms with van der Waals surface area (Å²) >= 11 is 0. The number of nitrogens with zero attached hydrogens (tertiary/aromatic N) is 3. The van der Waals surface area contributed by atoms with Crippen molar-refractivity contribution in [3.05, 3.63) is 94.4 Å². The van der Waals surface area contributed by atoms with Crippen molar-refractivity contribution < 1.29 is 9.59 Å². The van der Waals surface area contributed by atoms with E-state index < -0.39 is 6.04 Å². The zero-order valence-corrected chi connectivity index (χ0v) is 19.1. The lowest BCUT2D eigenvalue weighted by molar-refractivity contribution is -0.140. The molecular weight excluding hydrogens is 414 g/mol. The first-order valence-corrected chi connectivity index (χ1v) is 11.4. The lowest BCUT2D eigenvalue weighted by Crippen LogP contribution is -2.59. The third kappa shape index (κ3) is 4.75.